The summed E-state index contributed by atoms with van der Waals surface area (Å²) < 4.78 is 0. The van der Waals surface area contributed by atoms with Gasteiger partial charge >= 0.3 is 0 Å². The lowest BCUT2D eigenvalue weighted by Gasteiger charge is -2.05. The number of anilines is 1. The van der Waals surface area contributed by atoms with E-state index in [1.807, 2.05) is 0 Å². The number of amides is 1. The number of carbonyl (C=O) groups excluding carboxylic acids is 1. The molecule has 0 saturated heterocycles. The van der Waals surface area contributed by atoms with Gasteiger partial charge in [0.25, 0.3) is 5.91 Å². The first-order chi connectivity index (χ1) is 9.06. The van der Waals surface area contributed by atoms with Gasteiger partial charge in [-0.3, -0.25) is 9.59 Å². The van der Waals surface area contributed by atoms with Crippen LogP contribution in [0.5, 0.6) is 0 Å². The van der Waals surface area contributed by atoms with Crippen molar-refractivity contribution in [2.75, 3.05) is 5.32 Å². The molecule has 2 rings (SSSR count). The van der Waals surface area contributed by atoms with Crippen LogP contribution in [0.1, 0.15) is 15.9 Å². The smallest absolute Gasteiger partial charge is 0.255 e. The first-order valence-electron chi connectivity index (χ1n) is 5.46. The summed E-state index contributed by atoms with van der Waals surface area (Å²) in [4.78, 5) is 25.7. The van der Waals surface area contributed by atoms with Gasteiger partial charge in [0.15, 0.2) is 0 Å². The predicted octanol–water partition coefficient (Wildman–Crippen LogP) is 1.26. The molecule has 0 aliphatic heterocycles. The third kappa shape index (κ3) is 3.26. The number of aromatic amines is 1. The number of pyridine rings is 1. The number of hydrogen-bond acceptors (Lipinski definition) is 3. The van der Waals surface area contributed by atoms with E-state index in [1.54, 1.807) is 24.3 Å². The van der Waals surface area contributed by atoms with Crippen molar-refractivity contribution >= 4 is 28.8 Å². The van der Waals surface area contributed by atoms with E-state index in [1.165, 1.54) is 18.3 Å². The highest BCUT2D eigenvalue weighted by molar-refractivity contribution is 7.80. The average molecular weight is 273 g/mol. The van der Waals surface area contributed by atoms with Crippen molar-refractivity contribution in [1.29, 1.82) is 0 Å². The highest BCUT2D eigenvalue weighted by Gasteiger charge is 2.06. The van der Waals surface area contributed by atoms with Crippen molar-refractivity contribution in [3.8, 4) is 0 Å². The molecule has 6 heteroatoms. The Kier molecular flexibility index (Phi) is 3.72. The lowest BCUT2D eigenvalue weighted by Crippen LogP contribution is -2.15. The van der Waals surface area contributed by atoms with E-state index in [-0.39, 0.29) is 11.5 Å². The molecule has 1 heterocycles. The Bertz CT molecular complexity index is 677. The highest BCUT2D eigenvalue weighted by atomic mass is 32.1. The highest BCUT2D eigenvalue weighted by Crippen LogP contribution is 2.10. The number of thiocarbonyl (C=S) groups is 1. The van der Waals surface area contributed by atoms with E-state index in [2.05, 4.69) is 10.3 Å². The monoisotopic (exact) mass is 273 g/mol. The van der Waals surface area contributed by atoms with E-state index in [0.717, 1.165) is 5.56 Å². The lowest BCUT2D eigenvalue weighted by molar-refractivity contribution is 0.102. The van der Waals surface area contributed by atoms with Crippen LogP contribution in [0.4, 0.5) is 5.69 Å². The molecular formula is C13H11N3O2S. The van der Waals surface area contributed by atoms with E-state index >= 15 is 0 Å². The van der Waals surface area contributed by atoms with Gasteiger partial charge in [-0.1, -0.05) is 12.2 Å². The minimum absolute atomic E-state index is 0.294. The van der Waals surface area contributed by atoms with Crippen molar-refractivity contribution < 1.29 is 4.79 Å². The summed E-state index contributed by atoms with van der Waals surface area (Å²) in [6.45, 7) is 0. The molecule has 0 bridgehead atoms. The standard InChI is InChI=1S/C13H11N3O2S/c14-12(19)8-1-3-10(4-2-8)16-13(18)9-5-6-15-11(17)7-9/h1-7H,(H2,14,19)(H,15,17)(H,16,18). The van der Waals surface area contributed by atoms with Crippen molar-refractivity contribution in [3.05, 3.63) is 64.1 Å². The molecule has 0 aliphatic rings. The molecule has 0 radical (unpaired) electrons. The summed E-state index contributed by atoms with van der Waals surface area (Å²) in [6, 6.07) is 9.59. The van der Waals surface area contributed by atoms with E-state index < -0.39 is 0 Å². The minimum Gasteiger partial charge on any atom is -0.389 e. The van der Waals surface area contributed by atoms with Crippen LogP contribution in [-0.4, -0.2) is 15.9 Å². The number of rotatable bonds is 3. The Morgan fingerprint density at radius 1 is 1.16 bits per heavy atom. The van der Waals surface area contributed by atoms with E-state index in [9.17, 15) is 9.59 Å². The van der Waals surface area contributed by atoms with Gasteiger partial charge in [-0.15, -0.1) is 0 Å². The summed E-state index contributed by atoms with van der Waals surface area (Å²) in [7, 11) is 0. The molecule has 0 aliphatic carbocycles. The van der Waals surface area contributed by atoms with Gasteiger partial charge in [0, 0.05) is 29.1 Å². The Labute approximate surface area is 114 Å². The largest absolute Gasteiger partial charge is 0.389 e. The van der Waals surface area contributed by atoms with Gasteiger partial charge in [0.2, 0.25) is 5.56 Å². The molecule has 0 spiro atoms. The number of hydrogen-bond donors (Lipinski definition) is 3. The van der Waals surface area contributed by atoms with Crippen molar-refractivity contribution in [1.82, 2.24) is 4.98 Å². The summed E-state index contributed by atoms with van der Waals surface area (Å²) in [5.41, 5.74) is 6.78. The molecule has 0 fully saturated rings. The summed E-state index contributed by atoms with van der Waals surface area (Å²) >= 11 is 4.84. The number of aromatic nitrogens is 1. The zero-order valence-corrected chi connectivity index (χ0v) is 10.7. The Hall–Kier alpha value is -2.47. The van der Waals surface area contributed by atoms with Crippen LogP contribution in [0.25, 0.3) is 0 Å². The van der Waals surface area contributed by atoms with E-state index in [4.69, 9.17) is 18.0 Å². The third-order valence-corrected chi connectivity index (χ3v) is 2.70. The van der Waals surface area contributed by atoms with Crippen LogP contribution in [0.3, 0.4) is 0 Å². The van der Waals surface area contributed by atoms with Crippen molar-refractivity contribution in [3.63, 3.8) is 0 Å². The van der Waals surface area contributed by atoms with Gasteiger partial charge in [-0.2, -0.15) is 0 Å². The SMILES string of the molecule is NC(=S)c1ccc(NC(=O)c2cc[nH]c(=O)c2)cc1. The Balaban J connectivity index is 2.15. The van der Waals surface area contributed by atoms with Gasteiger partial charge in [-0.05, 0) is 30.3 Å². The predicted molar refractivity (Wildman–Crippen MR) is 77.3 cm³/mol. The van der Waals surface area contributed by atoms with Crippen LogP contribution in [0.15, 0.2) is 47.4 Å². The maximum Gasteiger partial charge on any atom is 0.255 e. The Morgan fingerprint density at radius 2 is 1.84 bits per heavy atom. The molecule has 1 aromatic heterocycles. The molecule has 0 unspecified atom stereocenters. The second-order valence-corrected chi connectivity index (χ2v) is 4.28. The number of H-pyrrole nitrogens is 1. The first kappa shape index (κ1) is 13.0. The fourth-order valence-corrected chi connectivity index (χ4v) is 1.64. The van der Waals surface area contributed by atoms with Gasteiger partial charge in [0.1, 0.15) is 4.99 Å². The summed E-state index contributed by atoms with van der Waals surface area (Å²) in [6.07, 6.45) is 1.42. The molecule has 0 saturated carbocycles. The molecule has 1 amide bonds. The molecular weight excluding hydrogens is 262 g/mol. The molecule has 2 aromatic rings. The van der Waals surface area contributed by atoms with Crippen LogP contribution in [-0.2, 0) is 0 Å². The topological polar surface area (TPSA) is 88.0 Å². The van der Waals surface area contributed by atoms with Crippen LogP contribution in [0.2, 0.25) is 0 Å². The lowest BCUT2D eigenvalue weighted by atomic mass is 10.2. The quantitative estimate of drug-likeness (QED) is 0.735. The maximum atomic E-state index is 11.9. The average Bonchev–Trinajstić information content (AvgIpc) is 2.39. The first-order valence-corrected chi connectivity index (χ1v) is 5.87. The molecule has 4 N–H and O–H groups in total. The van der Waals surface area contributed by atoms with Gasteiger partial charge in [0.05, 0.1) is 0 Å². The van der Waals surface area contributed by atoms with Crippen LogP contribution < -0.4 is 16.6 Å². The Morgan fingerprint density at radius 3 is 2.42 bits per heavy atom. The second kappa shape index (κ2) is 5.45. The van der Waals surface area contributed by atoms with Gasteiger partial charge in [-0.25, -0.2) is 0 Å². The summed E-state index contributed by atoms with van der Waals surface area (Å²) in [5, 5.41) is 2.68. The number of benzene rings is 1. The second-order valence-electron chi connectivity index (χ2n) is 3.84. The normalized spacial score (nSPS) is 9.89. The number of nitrogens with two attached hydrogens (primary N) is 1. The van der Waals surface area contributed by atoms with Crippen molar-refractivity contribution in [2.45, 2.75) is 0 Å². The van der Waals surface area contributed by atoms with Crippen LogP contribution >= 0.6 is 12.2 Å². The van der Waals surface area contributed by atoms with Crippen LogP contribution in [0, 0.1) is 0 Å². The fraction of sp³-hybridized carbons (Fsp3) is 0. The minimum atomic E-state index is -0.353. The molecule has 96 valence electrons. The zero-order valence-electron chi connectivity index (χ0n) is 9.84. The number of nitrogens with one attached hydrogen (secondary N) is 2. The van der Waals surface area contributed by atoms with Crippen molar-refractivity contribution in [2.24, 2.45) is 5.73 Å². The molecule has 0 atom stereocenters. The summed E-state index contributed by atoms with van der Waals surface area (Å²) in [5.74, 6) is -0.353. The molecule has 19 heavy (non-hydrogen) atoms. The fourth-order valence-electron chi connectivity index (χ4n) is 1.51. The maximum absolute atomic E-state index is 11.9. The number of carbonyl (C=O) groups is 1. The molecule has 5 nitrogen and oxygen atoms in total. The van der Waals surface area contributed by atoms with Gasteiger partial charge < -0.3 is 16.0 Å². The third-order valence-electron chi connectivity index (χ3n) is 2.46. The van der Waals surface area contributed by atoms with E-state index in [0.29, 0.717) is 16.2 Å². The zero-order chi connectivity index (χ0) is 13.8. The molecule has 1 aromatic carbocycles.